The maximum absolute atomic E-state index is 13.1. The van der Waals surface area contributed by atoms with Crippen LogP contribution < -0.4 is 4.74 Å². The molecule has 21 heavy (non-hydrogen) atoms. The van der Waals surface area contributed by atoms with Gasteiger partial charge < -0.3 is 9.64 Å². The smallest absolute Gasteiger partial charge is 0.263 e. The highest BCUT2D eigenvalue weighted by Gasteiger charge is 2.20. The van der Waals surface area contributed by atoms with Gasteiger partial charge in [-0.3, -0.25) is 9.89 Å². The van der Waals surface area contributed by atoms with E-state index in [1.807, 2.05) is 0 Å². The van der Waals surface area contributed by atoms with E-state index < -0.39 is 11.9 Å². The number of aromatic nitrogens is 3. The fraction of sp³-hybridized carbons (Fsp3) is 0.357. The predicted octanol–water partition coefficient (Wildman–Crippen LogP) is 1.68. The number of hydrogen-bond acceptors (Lipinski definition) is 4. The van der Waals surface area contributed by atoms with Gasteiger partial charge in [-0.1, -0.05) is 6.07 Å². The Labute approximate surface area is 121 Å². The first-order chi connectivity index (χ1) is 9.95. The highest BCUT2D eigenvalue weighted by Crippen LogP contribution is 2.14. The highest BCUT2D eigenvalue weighted by molar-refractivity contribution is 5.80. The number of rotatable bonds is 5. The van der Waals surface area contributed by atoms with E-state index in [0.29, 0.717) is 17.4 Å². The summed E-state index contributed by atoms with van der Waals surface area (Å²) in [5.41, 5.74) is 0. The molecule has 0 aliphatic rings. The van der Waals surface area contributed by atoms with Gasteiger partial charge in [0.1, 0.15) is 17.4 Å². The molecule has 0 radical (unpaired) electrons. The first kappa shape index (κ1) is 15.0. The van der Waals surface area contributed by atoms with Crippen molar-refractivity contribution >= 4 is 5.91 Å². The fourth-order valence-corrected chi connectivity index (χ4v) is 1.85. The van der Waals surface area contributed by atoms with Crippen LogP contribution in [0.15, 0.2) is 24.3 Å². The maximum Gasteiger partial charge on any atom is 0.263 e. The quantitative estimate of drug-likeness (QED) is 0.910. The Morgan fingerprint density at radius 3 is 2.90 bits per heavy atom. The van der Waals surface area contributed by atoms with E-state index in [1.54, 1.807) is 27.0 Å². The molecule has 0 fully saturated rings. The monoisotopic (exact) mass is 292 g/mol. The first-order valence-corrected chi connectivity index (χ1v) is 6.51. The van der Waals surface area contributed by atoms with E-state index in [0.717, 1.165) is 0 Å². The second-order valence-corrected chi connectivity index (χ2v) is 4.75. The maximum atomic E-state index is 13.1. The molecule has 7 heteroatoms. The van der Waals surface area contributed by atoms with Crippen LogP contribution in [0.3, 0.4) is 0 Å². The number of ether oxygens (including phenoxy) is 1. The van der Waals surface area contributed by atoms with Crippen LogP contribution in [0.5, 0.6) is 5.75 Å². The van der Waals surface area contributed by atoms with Crippen molar-refractivity contribution < 1.29 is 13.9 Å². The third-order valence-electron chi connectivity index (χ3n) is 2.86. The molecule has 1 aromatic heterocycles. The number of aryl methyl sites for hydroxylation is 1. The summed E-state index contributed by atoms with van der Waals surface area (Å²) in [5.74, 6) is 0.896. The van der Waals surface area contributed by atoms with Gasteiger partial charge in [-0.2, -0.15) is 5.10 Å². The number of nitrogens with one attached hydrogen (secondary N) is 1. The van der Waals surface area contributed by atoms with E-state index >= 15 is 0 Å². The van der Waals surface area contributed by atoms with Crippen LogP contribution in [-0.2, 0) is 11.3 Å². The number of hydrogen-bond donors (Lipinski definition) is 1. The summed E-state index contributed by atoms with van der Waals surface area (Å²) in [6.45, 7) is 3.68. The number of H-pyrrole nitrogens is 1. The van der Waals surface area contributed by atoms with Crippen LogP contribution in [0.1, 0.15) is 18.6 Å². The Morgan fingerprint density at radius 1 is 1.52 bits per heavy atom. The fourth-order valence-electron chi connectivity index (χ4n) is 1.85. The van der Waals surface area contributed by atoms with Gasteiger partial charge in [0.15, 0.2) is 11.9 Å². The summed E-state index contributed by atoms with van der Waals surface area (Å²) in [7, 11) is 1.64. The van der Waals surface area contributed by atoms with Gasteiger partial charge in [-0.25, -0.2) is 9.37 Å². The van der Waals surface area contributed by atoms with E-state index in [1.165, 1.54) is 23.1 Å². The first-order valence-electron chi connectivity index (χ1n) is 6.51. The largest absolute Gasteiger partial charge is 0.481 e. The van der Waals surface area contributed by atoms with Crippen molar-refractivity contribution in [3.05, 3.63) is 41.7 Å². The lowest BCUT2D eigenvalue weighted by Crippen LogP contribution is -2.37. The molecule has 1 N–H and O–H groups in total. The minimum Gasteiger partial charge on any atom is -0.481 e. The third kappa shape index (κ3) is 4.01. The minimum absolute atomic E-state index is 0.235. The summed E-state index contributed by atoms with van der Waals surface area (Å²) in [6, 6.07) is 5.69. The predicted molar refractivity (Wildman–Crippen MR) is 74.1 cm³/mol. The molecule has 1 atom stereocenters. The molecule has 1 heterocycles. The van der Waals surface area contributed by atoms with Crippen LogP contribution in [0.2, 0.25) is 0 Å². The van der Waals surface area contributed by atoms with Gasteiger partial charge >= 0.3 is 0 Å². The zero-order valence-corrected chi connectivity index (χ0v) is 12.1. The number of likely N-dealkylation sites (N-methyl/N-ethyl adjacent to an activating group) is 1. The summed E-state index contributed by atoms with van der Waals surface area (Å²) in [6.07, 6.45) is -0.725. The lowest BCUT2D eigenvalue weighted by molar-refractivity contribution is -0.137. The Morgan fingerprint density at radius 2 is 2.29 bits per heavy atom. The zero-order valence-electron chi connectivity index (χ0n) is 12.1. The molecule has 1 unspecified atom stereocenters. The molecule has 2 rings (SSSR count). The van der Waals surface area contributed by atoms with Gasteiger partial charge in [-0.15, -0.1) is 0 Å². The van der Waals surface area contributed by atoms with E-state index in [2.05, 4.69) is 15.2 Å². The average Bonchev–Trinajstić information content (AvgIpc) is 2.83. The summed E-state index contributed by atoms with van der Waals surface area (Å²) in [5, 5.41) is 6.69. The van der Waals surface area contributed by atoms with Crippen molar-refractivity contribution in [2.75, 3.05) is 7.05 Å². The van der Waals surface area contributed by atoms with Crippen molar-refractivity contribution in [1.82, 2.24) is 20.1 Å². The second-order valence-electron chi connectivity index (χ2n) is 4.75. The van der Waals surface area contributed by atoms with Gasteiger partial charge in [-0.05, 0) is 26.0 Å². The van der Waals surface area contributed by atoms with Crippen LogP contribution in [0.4, 0.5) is 4.39 Å². The molecule has 0 bridgehead atoms. The van der Waals surface area contributed by atoms with E-state index in [9.17, 15) is 9.18 Å². The van der Waals surface area contributed by atoms with Crippen molar-refractivity contribution in [2.45, 2.75) is 26.5 Å². The SMILES string of the molecule is Cc1nc(CN(C)C(=O)C(C)Oc2cccc(F)c2)n[nH]1. The number of benzene rings is 1. The zero-order chi connectivity index (χ0) is 15.4. The number of carbonyl (C=O) groups excluding carboxylic acids is 1. The molecule has 6 nitrogen and oxygen atoms in total. The number of amides is 1. The Kier molecular flexibility index (Phi) is 4.52. The molecule has 2 aromatic rings. The van der Waals surface area contributed by atoms with Gasteiger partial charge in [0, 0.05) is 13.1 Å². The molecule has 0 saturated carbocycles. The van der Waals surface area contributed by atoms with Crippen molar-refractivity contribution in [2.24, 2.45) is 0 Å². The molecule has 1 aromatic carbocycles. The molecule has 0 aliphatic heterocycles. The number of halogens is 1. The molecule has 0 saturated heterocycles. The van der Waals surface area contributed by atoms with Crippen LogP contribution in [-0.4, -0.2) is 39.1 Å². The third-order valence-corrected chi connectivity index (χ3v) is 2.86. The number of nitrogens with zero attached hydrogens (tertiary/aromatic N) is 3. The number of aromatic amines is 1. The number of carbonyl (C=O) groups is 1. The van der Waals surface area contributed by atoms with Crippen LogP contribution in [0.25, 0.3) is 0 Å². The van der Waals surface area contributed by atoms with Crippen molar-refractivity contribution in [3.63, 3.8) is 0 Å². The summed E-state index contributed by atoms with van der Waals surface area (Å²) < 4.78 is 18.5. The van der Waals surface area contributed by atoms with Gasteiger partial charge in [0.05, 0.1) is 6.54 Å². The molecular weight excluding hydrogens is 275 g/mol. The standard InChI is InChI=1S/C14H17FN4O2/c1-9(21-12-6-4-5-11(15)7-12)14(20)19(3)8-13-16-10(2)17-18-13/h4-7,9H,8H2,1-3H3,(H,16,17,18). The second kappa shape index (κ2) is 6.34. The van der Waals surface area contributed by atoms with Gasteiger partial charge in [0.2, 0.25) is 0 Å². The average molecular weight is 292 g/mol. The van der Waals surface area contributed by atoms with E-state index in [-0.39, 0.29) is 12.5 Å². The van der Waals surface area contributed by atoms with Crippen molar-refractivity contribution in [3.8, 4) is 5.75 Å². The Bertz CT molecular complexity index is 629. The highest BCUT2D eigenvalue weighted by atomic mass is 19.1. The lowest BCUT2D eigenvalue weighted by Gasteiger charge is -2.21. The molecule has 0 spiro atoms. The normalized spacial score (nSPS) is 12.0. The molecule has 1 amide bonds. The van der Waals surface area contributed by atoms with Crippen molar-refractivity contribution in [1.29, 1.82) is 0 Å². The molecule has 112 valence electrons. The summed E-state index contributed by atoms with van der Waals surface area (Å²) in [4.78, 5) is 17.8. The Hall–Kier alpha value is -2.44. The summed E-state index contributed by atoms with van der Waals surface area (Å²) >= 11 is 0. The molecule has 0 aliphatic carbocycles. The molecular formula is C14H17FN4O2. The van der Waals surface area contributed by atoms with Crippen LogP contribution in [0, 0.1) is 12.7 Å². The topological polar surface area (TPSA) is 71.1 Å². The van der Waals surface area contributed by atoms with Gasteiger partial charge in [0.25, 0.3) is 5.91 Å². The lowest BCUT2D eigenvalue weighted by atomic mass is 10.3. The Balaban J connectivity index is 1.95. The van der Waals surface area contributed by atoms with Crippen LogP contribution >= 0.6 is 0 Å². The minimum atomic E-state index is -0.725. The van der Waals surface area contributed by atoms with E-state index in [4.69, 9.17) is 4.74 Å².